The van der Waals surface area contributed by atoms with Gasteiger partial charge in [-0.15, -0.1) is 0 Å². The van der Waals surface area contributed by atoms with Gasteiger partial charge in [0, 0.05) is 23.5 Å². The smallest absolute Gasteiger partial charge is 0.0372 e. The van der Waals surface area contributed by atoms with E-state index in [0.29, 0.717) is 12.1 Å². The van der Waals surface area contributed by atoms with Gasteiger partial charge in [0.05, 0.1) is 0 Å². The van der Waals surface area contributed by atoms with Gasteiger partial charge in [-0.1, -0.05) is 26.7 Å². The van der Waals surface area contributed by atoms with Gasteiger partial charge in [0.1, 0.15) is 0 Å². The number of anilines is 2. The molecule has 0 bridgehead atoms. The fraction of sp³-hybridized carbons (Fsp3) is 0.625. The van der Waals surface area contributed by atoms with E-state index in [0.717, 1.165) is 5.69 Å². The Bertz CT molecular complexity index is 319. The van der Waals surface area contributed by atoms with E-state index in [-0.39, 0.29) is 0 Å². The summed E-state index contributed by atoms with van der Waals surface area (Å²) in [6, 6.07) is 9.46. The molecule has 0 heterocycles. The first-order valence-electron chi connectivity index (χ1n) is 7.24. The number of rotatable bonds is 7. The normalized spacial score (nSPS) is 14.2. The van der Waals surface area contributed by atoms with Gasteiger partial charge in [0.15, 0.2) is 0 Å². The zero-order chi connectivity index (χ0) is 13.5. The molecule has 1 aromatic rings. The lowest BCUT2D eigenvalue weighted by Gasteiger charge is -2.37. The Balaban J connectivity index is 2.91. The largest absolute Gasteiger partial charge is 0.399 e. The van der Waals surface area contributed by atoms with Crippen molar-refractivity contribution in [1.29, 1.82) is 0 Å². The average Bonchev–Trinajstić information content (AvgIpc) is 2.33. The molecular formula is C16H28N2. The van der Waals surface area contributed by atoms with E-state index in [2.05, 4.69) is 44.7 Å². The zero-order valence-corrected chi connectivity index (χ0v) is 12.3. The average molecular weight is 248 g/mol. The first kappa shape index (κ1) is 14.9. The lowest BCUT2D eigenvalue weighted by Crippen LogP contribution is -2.40. The minimum atomic E-state index is 0.583. The fourth-order valence-electron chi connectivity index (χ4n) is 2.70. The lowest BCUT2D eigenvalue weighted by molar-refractivity contribution is 0.494. The van der Waals surface area contributed by atoms with Crippen LogP contribution in [0, 0.1) is 0 Å². The van der Waals surface area contributed by atoms with E-state index in [1.807, 2.05) is 12.1 Å². The molecule has 2 nitrogen and oxygen atoms in total. The van der Waals surface area contributed by atoms with Gasteiger partial charge < -0.3 is 10.6 Å². The predicted octanol–water partition coefficient (Wildman–Crippen LogP) is 4.45. The van der Waals surface area contributed by atoms with Crippen molar-refractivity contribution in [2.24, 2.45) is 0 Å². The summed E-state index contributed by atoms with van der Waals surface area (Å²) in [4.78, 5) is 2.55. The summed E-state index contributed by atoms with van der Waals surface area (Å²) in [6.45, 7) is 9.16. The van der Waals surface area contributed by atoms with Crippen molar-refractivity contribution in [3.63, 3.8) is 0 Å². The van der Waals surface area contributed by atoms with Gasteiger partial charge in [-0.2, -0.15) is 0 Å². The third-order valence-electron chi connectivity index (χ3n) is 3.55. The molecule has 0 amide bonds. The second-order valence-electron chi connectivity index (χ2n) is 5.27. The van der Waals surface area contributed by atoms with Crippen molar-refractivity contribution in [2.75, 3.05) is 10.6 Å². The Labute approximate surface area is 112 Å². The second kappa shape index (κ2) is 7.30. The molecule has 2 heteroatoms. The highest BCUT2D eigenvalue weighted by atomic mass is 15.2. The van der Waals surface area contributed by atoms with Crippen molar-refractivity contribution in [3.05, 3.63) is 24.3 Å². The summed E-state index contributed by atoms with van der Waals surface area (Å²) in [6.07, 6.45) is 4.92. The Morgan fingerprint density at radius 2 is 1.39 bits per heavy atom. The van der Waals surface area contributed by atoms with Crippen LogP contribution in [-0.4, -0.2) is 12.1 Å². The Hall–Kier alpha value is -1.18. The van der Waals surface area contributed by atoms with Crippen molar-refractivity contribution < 1.29 is 0 Å². The molecule has 0 saturated heterocycles. The third-order valence-corrected chi connectivity index (χ3v) is 3.55. The highest BCUT2D eigenvalue weighted by Gasteiger charge is 2.19. The Morgan fingerprint density at radius 1 is 0.944 bits per heavy atom. The fourth-order valence-corrected chi connectivity index (χ4v) is 2.70. The molecule has 2 N–H and O–H groups in total. The molecule has 0 spiro atoms. The molecule has 0 saturated carbocycles. The first-order valence-corrected chi connectivity index (χ1v) is 7.24. The van der Waals surface area contributed by atoms with Gasteiger partial charge in [-0.25, -0.2) is 0 Å². The van der Waals surface area contributed by atoms with E-state index in [9.17, 15) is 0 Å². The highest BCUT2D eigenvalue weighted by molar-refractivity contribution is 5.54. The van der Waals surface area contributed by atoms with Crippen LogP contribution in [0.25, 0.3) is 0 Å². The molecular weight excluding hydrogens is 220 g/mol. The topological polar surface area (TPSA) is 29.3 Å². The summed E-state index contributed by atoms with van der Waals surface area (Å²) >= 11 is 0. The molecule has 0 radical (unpaired) electrons. The van der Waals surface area contributed by atoms with Crippen LogP contribution in [0.1, 0.15) is 53.4 Å². The lowest BCUT2D eigenvalue weighted by atomic mass is 10.0. The van der Waals surface area contributed by atoms with Gasteiger partial charge in [-0.05, 0) is 51.0 Å². The van der Waals surface area contributed by atoms with Gasteiger partial charge in [0.2, 0.25) is 0 Å². The maximum Gasteiger partial charge on any atom is 0.0372 e. The summed E-state index contributed by atoms with van der Waals surface area (Å²) in [7, 11) is 0. The standard InChI is InChI=1S/C16H28N2/c1-5-7-13(3)18(14(4)8-6-2)16-11-9-15(17)10-12-16/h9-14H,5-8,17H2,1-4H3. The molecule has 102 valence electrons. The van der Waals surface area contributed by atoms with E-state index < -0.39 is 0 Å². The minimum Gasteiger partial charge on any atom is -0.399 e. The molecule has 0 aliphatic carbocycles. The highest BCUT2D eigenvalue weighted by Crippen LogP contribution is 2.25. The molecule has 0 aliphatic rings. The van der Waals surface area contributed by atoms with Gasteiger partial charge >= 0.3 is 0 Å². The van der Waals surface area contributed by atoms with Crippen LogP contribution < -0.4 is 10.6 Å². The minimum absolute atomic E-state index is 0.583. The molecule has 1 rings (SSSR count). The number of hydrogen-bond acceptors (Lipinski definition) is 2. The number of nitrogens with two attached hydrogens (primary N) is 1. The van der Waals surface area contributed by atoms with Crippen LogP contribution in [-0.2, 0) is 0 Å². The summed E-state index contributed by atoms with van der Waals surface area (Å²) in [5, 5.41) is 0. The Morgan fingerprint density at radius 3 is 1.78 bits per heavy atom. The Kier molecular flexibility index (Phi) is 6.03. The van der Waals surface area contributed by atoms with Crippen molar-refractivity contribution >= 4 is 11.4 Å². The van der Waals surface area contributed by atoms with Crippen LogP contribution >= 0.6 is 0 Å². The van der Waals surface area contributed by atoms with Crippen LogP contribution in [0.15, 0.2) is 24.3 Å². The van der Waals surface area contributed by atoms with Crippen molar-refractivity contribution in [1.82, 2.24) is 0 Å². The number of nitrogens with zero attached hydrogens (tertiary/aromatic N) is 1. The van der Waals surface area contributed by atoms with Crippen LogP contribution in [0.4, 0.5) is 11.4 Å². The summed E-state index contributed by atoms with van der Waals surface area (Å²) in [5.41, 5.74) is 7.91. The van der Waals surface area contributed by atoms with Crippen LogP contribution in [0.3, 0.4) is 0 Å². The summed E-state index contributed by atoms with van der Waals surface area (Å²) in [5.74, 6) is 0. The second-order valence-corrected chi connectivity index (χ2v) is 5.27. The quantitative estimate of drug-likeness (QED) is 0.722. The molecule has 18 heavy (non-hydrogen) atoms. The molecule has 2 atom stereocenters. The molecule has 0 fully saturated rings. The SMILES string of the molecule is CCCC(C)N(c1ccc(N)cc1)C(C)CCC. The van der Waals surface area contributed by atoms with E-state index in [1.54, 1.807) is 0 Å². The van der Waals surface area contributed by atoms with E-state index in [4.69, 9.17) is 5.73 Å². The number of nitrogen functional groups attached to an aromatic ring is 1. The van der Waals surface area contributed by atoms with Gasteiger partial charge in [-0.3, -0.25) is 0 Å². The van der Waals surface area contributed by atoms with Crippen molar-refractivity contribution in [2.45, 2.75) is 65.5 Å². The molecule has 2 unspecified atom stereocenters. The molecule has 0 aliphatic heterocycles. The van der Waals surface area contributed by atoms with E-state index in [1.165, 1.54) is 31.4 Å². The van der Waals surface area contributed by atoms with Gasteiger partial charge in [0.25, 0.3) is 0 Å². The van der Waals surface area contributed by atoms with Crippen LogP contribution in [0.5, 0.6) is 0 Å². The van der Waals surface area contributed by atoms with Crippen molar-refractivity contribution in [3.8, 4) is 0 Å². The van der Waals surface area contributed by atoms with Crippen LogP contribution in [0.2, 0.25) is 0 Å². The maximum absolute atomic E-state index is 5.78. The number of benzene rings is 1. The van der Waals surface area contributed by atoms with E-state index >= 15 is 0 Å². The third kappa shape index (κ3) is 3.94. The summed E-state index contributed by atoms with van der Waals surface area (Å²) < 4.78 is 0. The monoisotopic (exact) mass is 248 g/mol. The zero-order valence-electron chi connectivity index (χ0n) is 12.3. The maximum atomic E-state index is 5.78. The first-order chi connectivity index (χ1) is 8.60. The number of hydrogen-bond donors (Lipinski definition) is 1. The molecule has 0 aromatic heterocycles. The molecule has 1 aromatic carbocycles. The predicted molar refractivity (Wildman–Crippen MR) is 82.1 cm³/mol.